The number of carbonyl (C=O) groups is 1. The lowest BCUT2D eigenvalue weighted by Gasteiger charge is -2.39. The standard InChI is InChI=1S/C21H26N4O/c1-17-2-4-18(5-3-17)15-24-11-7-21(8-12-24)9-13-25(16-21)20(26)19-6-10-22-23-14-19/h2-6,10,14H,7-9,11-13,15-16H2,1H3. The normalized spacial score (nSPS) is 19.8. The van der Waals surface area contributed by atoms with Crippen molar-refractivity contribution in [1.29, 1.82) is 0 Å². The Balaban J connectivity index is 1.33. The predicted octanol–water partition coefficient (Wildman–Crippen LogP) is 2.91. The summed E-state index contributed by atoms with van der Waals surface area (Å²) in [5, 5.41) is 7.59. The molecule has 0 saturated carbocycles. The van der Waals surface area contributed by atoms with Crippen molar-refractivity contribution in [1.82, 2.24) is 20.0 Å². The fourth-order valence-corrected chi connectivity index (χ4v) is 4.25. The number of hydrogen-bond donors (Lipinski definition) is 0. The minimum atomic E-state index is 0.0962. The predicted molar refractivity (Wildman–Crippen MR) is 101 cm³/mol. The Kier molecular flexibility index (Phi) is 4.72. The summed E-state index contributed by atoms with van der Waals surface area (Å²) in [4.78, 5) is 17.2. The molecular formula is C21H26N4O. The van der Waals surface area contributed by atoms with Crippen molar-refractivity contribution in [2.45, 2.75) is 32.7 Å². The fraction of sp³-hybridized carbons (Fsp3) is 0.476. The third-order valence-corrected chi connectivity index (χ3v) is 6.00. The first-order chi connectivity index (χ1) is 12.6. The topological polar surface area (TPSA) is 49.3 Å². The Hall–Kier alpha value is -2.27. The average Bonchev–Trinajstić information content (AvgIpc) is 3.09. The maximum absolute atomic E-state index is 12.7. The molecule has 4 rings (SSSR count). The molecule has 5 nitrogen and oxygen atoms in total. The van der Waals surface area contributed by atoms with Gasteiger partial charge in [0.2, 0.25) is 0 Å². The van der Waals surface area contributed by atoms with E-state index >= 15 is 0 Å². The Morgan fingerprint density at radius 1 is 1.04 bits per heavy atom. The van der Waals surface area contributed by atoms with Crippen LogP contribution in [-0.2, 0) is 6.54 Å². The Morgan fingerprint density at radius 2 is 1.77 bits per heavy atom. The van der Waals surface area contributed by atoms with E-state index in [1.54, 1.807) is 18.5 Å². The molecule has 0 unspecified atom stereocenters. The number of nitrogens with zero attached hydrogens (tertiary/aromatic N) is 4. The van der Waals surface area contributed by atoms with Gasteiger partial charge in [0.1, 0.15) is 0 Å². The van der Waals surface area contributed by atoms with E-state index in [0.29, 0.717) is 11.0 Å². The molecule has 1 spiro atoms. The van der Waals surface area contributed by atoms with Crippen molar-refractivity contribution in [2.75, 3.05) is 26.2 Å². The van der Waals surface area contributed by atoms with Crippen LogP contribution in [0.5, 0.6) is 0 Å². The molecule has 2 saturated heterocycles. The molecule has 2 aromatic rings. The molecule has 1 amide bonds. The Labute approximate surface area is 155 Å². The molecular weight excluding hydrogens is 324 g/mol. The van der Waals surface area contributed by atoms with Gasteiger partial charge in [-0.15, -0.1) is 0 Å². The number of aryl methyl sites for hydroxylation is 1. The molecule has 136 valence electrons. The van der Waals surface area contributed by atoms with E-state index < -0.39 is 0 Å². The number of benzene rings is 1. The Morgan fingerprint density at radius 3 is 2.46 bits per heavy atom. The molecule has 0 bridgehead atoms. The largest absolute Gasteiger partial charge is 0.338 e. The van der Waals surface area contributed by atoms with Gasteiger partial charge < -0.3 is 4.90 Å². The molecule has 1 aromatic carbocycles. The van der Waals surface area contributed by atoms with Crippen LogP contribution in [0.3, 0.4) is 0 Å². The molecule has 1 aromatic heterocycles. The zero-order chi connectivity index (χ0) is 18.0. The second-order valence-electron chi connectivity index (χ2n) is 7.87. The molecule has 5 heteroatoms. The molecule has 2 fully saturated rings. The smallest absolute Gasteiger partial charge is 0.255 e. The summed E-state index contributed by atoms with van der Waals surface area (Å²) in [5.41, 5.74) is 3.65. The van der Waals surface area contributed by atoms with Gasteiger partial charge in [0, 0.05) is 19.6 Å². The lowest BCUT2D eigenvalue weighted by Crippen LogP contribution is -2.42. The van der Waals surface area contributed by atoms with Crippen molar-refractivity contribution >= 4 is 5.91 Å². The second kappa shape index (κ2) is 7.16. The summed E-state index contributed by atoms with van der Waals surface area (Å²) in [7, 11) is 0. The van der Waals surface area contributed by atoms with E-state index in [-0.39, 0.29) is 5.91 Å². The summed E-state index contributed by atoms with van der Waals surface area (Å²) < 4.78 is 0. The number of likely N-dealkylation sites (tertiary alicyclic amines) is 2. The number of rotatable bonds is 3. The van der Waals surface area contributed by atoms with Gasteiger partial charge in [-0.1, -0.05) is 29.8 Å². The van der Waals surface area contributed by atoms with Crippen LogP contribution in [0.15, 0.2) is 42.7 Å². The van der Waals surface area contributed by atoms with E-state index in [4.69, 9.17) is 0 Å². The summed E-state index contributed by atoms with van der Waals surface area (Å²) in [6, 6.07) is 10.6. The zero-order valence-electron chi connectivity index (χ0n) is 15.4. The van der Waals surface area contributed by atoms with Crippen LogP contribution < -0.4 is 0 Å². The number of hydrogen-bond acceptors (Lipinski definition) is 4. The van der Waals surface area contributed by atoms with Crippen LogP contribution in [0, 0.1) is 12.3 Å². The maximum Gasteiger partial charge on any atom is 0.255 e. The van der Waals surface area contributed by atoms with Crippen molar-refractivity contribution in [3.63, 3.8) is 0 Å². The Bertz CT molecular complexity index is 751. The van der Waals surface area contributed by atoms with Gasteiger partial charge in [-0.3, -0.25) is 9.69 Å². The van der Waals surface area contributed by atoms with Crippen LogP contribution in [0.25, 0.3) is 0 Å². The molecule has 0 aliphatic carbocycles. The van der Waals surface area contributed by atoms with Gasteiger partial charge in [-0.05, 0) is 56.3 Å². The minimum Gasteiger partial charge on any atom is -0.338 e. The quantitative estimate of drug-likeness (QED) is 0.854. The number of aromatic nitrogens is 2. The van der Waals surface area contributed by atoms with Gasteiger partial charge in [0.05, 0.1) is 18.0 Å². The molecule has 2 aliphatic rings. The summed E-state index contributed by atoms with van der Waals surface area (Å²) >= 11 is 0. The highest BCUT2D eigenvalue weighted by Crippen LogP contribution is 2.41. The van der Waals surface area contributed by atoms with E-state index in [1.807, 2.05) is 4.90 Å². The second-order valence-corrected chi connectivity index (χ2v) is 7.87. The van der Waals surface area contributed by atoms with Crippen LogP contribution in [0.4, 0.5) is 0 Å². The van der Waals surface area contributed by atoms with Gasteiger partial charge >= 0.3 is 0 Å². The van der Waals surface area contributed by atoms with Crippen molar-refractivity contribution < 1.29 is 4.79 Å². The van der Waals surface area contributed by atoms with Crippen molar-refractivity contribution in [3.8, 4) is 0 Å². The zero-order valence-corrected chi connectivity index (χ0v) is 15.4. The highest BCUT2D eigenvalue weighted by molar-refractivity contribution is 5.94. The highest BCUT2D eigenvalue weighted by Gasteiger charge is 2.42. The number of carbonyl (C=O) groups excluding carboxylic acids is 1. The molecule has 2 aliphatic heterocycles. The summed E-state index contributed by atoms with van der Waals surface area (Å²) in [6.45, 7) is 7.14. The molecule has 0 N–H and O–H groups in total. The van der Waals surface area contributed by atoms with Crippen molar-refractivity contribution in [2.24, 2.45) is 5.41 Å². The van der Waals surface area contributed by atoms with Gasteiger partial charge in [0.15, 0.2) is 0 Å². The van der Waals surface area contributed by atoms with E-state index in [0.717, 1.165) is 39.1 Å². The molecule has 0 radical (unpaired) electrons. The van der Waals surface area contributed by atoms with Crippen LogP contribution in [0.1, 0.15) is 40.7 Å². The van der Waals surface area contributed by atoms with E-state index in [2.05, 4.69) is 46.3 Å². The summed E-state index contributed by atoms with van der Waals surface area (Å²) in [5.74, 6) is 0.0962. The lowest BCUT2D eigenvalue weighted by molar-refractivity contribution is 0.0713. The first-order valence-corrected chi connectivity index (χ1v) is 9.48. The van der Waals surface area contributed by atoms with E-state index in [9.17, 15) is 4.79 Å². The SMILES string of the molecule is Cc1ccc(CN2CCC3(CC2)CCN(C(=O)c2ccnnc2)C3)cc1. The van der Waals surface area contributed by atoms with Gasteiger partial charge in [-0.25, -0.2) is 0 Å². The third-order valence-electron chi connectivity index (χ3n) is 6.00. The monoisotopic (exact) mass is 350 g/mol. The first kappa shape index (κ1) is 17.2. The minimum absolute atomic E-state index is 0.0962. The van der Waals surface area contributed by atoms with E-state index in [1.165, 1.54) is 24.0 Å². The van der Waals surface area contributed by atoms with Gasteiger partial charge in [-0.2, -0.15) is 10.2 Å². The number of amides is 1. The maximum atomic E-state index is 12.7. The van der Waals surface area contributed by atoms with Crippen molar-refractivity contribution in [3.05, 3.63) is 59.4 Å². The highest BCUT2D eigenvalue weighted by atomic mass is 16.2. The van der Waals surface area contributed by atoms with Gasteiger partial charge in [0.25, 0.3) is 5.91 Å². The first-order valence-electron chi connectivity index (χ1n) is 9.48. The summed E-state index contributed by atoms with van der Waals surface area (Å²) in [6.07, 6.45) is 6.63. The number of piperidine rings is 1. The average molecular weight is 350 g/mol. The third kappa shape index (κ3) is 3.63. The molecule has 3 heterocycles. The molecule has 0 atom stereocenters. The lowest BCUT2D eigenvalue weighted by atomic mass is 9.77. The van der Waals surface area contributed by atoms with Crippen LogP contribution in [0.2, 0.25) is 0 Å². The van der Waals surface area contributed by atoms with Crippen LogP contribution >= 0.6 is 0 Å². The van der Waals surface area contributed by atoms with Crippen LogP contribution in [-0.4, -0.2) is 52.1 Å². The fourth-order valence-electron chi connectivity index (χ4n) is 4.25. The molecule has 26 heavy (non-hydrogen) atoms.